The largest absolute Gasteiger partial charge is 0.439 e. The number of hydrogen-bond acceptors (Lipinski definition) is 5. The highest BCUT2D eigenvalue weighted by molar-refractivity contribution is 6.33. The maximum atomic E-state index is 12.2. The quantitative estimate of drug-likeness (QED) is 0.380. The molecule has 0 atom stereocenters. The molecule has 9 heteroatoms. The molecule has 2 aromatic carbocycles. The molecule has 2 N–H and O–H groups in total. The number of urea groups is 1. The van der Waals surface area contributed by atoms with Crippen molar-refractivity contribution in [3.8, 4) is 17.4 Å². The van der Waals surface area contributed by atoms with E-state index in [2.05, 4.69) is 25.7 Å². The molecule has 0 saturated heterocycles. The van der Waals surface area contributed by atoms with Crippen molar-refractivity contribution in [1.82, 2.24) is 19.7 Å². The lowest BCUT2D eigenvalue weighted by atomic mass is 10.2. The molecular formula is C24H23ClN6O2. The van der Waals surface area contributed by atoms with Crippen LogP contribution in [0.5, 0.6) is 11.6 Å². The summed E-state index contributed by atoms with van der Waals surface area (Å²) in [7, 11) is 0. The van der Waals surface area contributed by atoms with Crippen molar-refractivity contribution in [3.05, 3.63) is 82.4 Å². The highest BCUT2D eigenvalue weighted by Gasteiger charge is 2.13. The van der Waals surface area contributed by atoms with Crippen LogP contribution in [-0.4, -0.2) is 25.8 Å². The number of carbonyl (C=O) groups excluding carboxylic acids is 1. The van der Waals surface area contributed by atoms with E-state index >= 15 is 0 Å². The van der Waals surface area contributed by atoms with E-state index < -0.39 is 6.03 Å². The Bertz CT molecular complexity index is 1320. The lowest BCUT2D eigenvalue weighted by molar-refractivity contribution is 0.262. The van der Waals surface area contributed by atoms with Crippen LogP contribution < -0.4 is 15.4 Å². The first kappa shape index (κ1) is 22.3. The van der Waals surface area contributed by atoms with E-state index in [1.165, 1.54) is 0 Å². The molecular weight excluding hydrogens is 440 g/mol. The number of nitrogens with zero attached hydrogens (tertiary/aromatic N) is 4. The Hall–Kier alpha value is -3.91. The van der Waals surface area contributed by atoms with Gasteiger partial charge in [-0.3, -0.25) is 0 Å². The minimum absolute atomic E-state index is 0.395. The molecule has 0 unspecified atom stereocenters. The number of hydrogen-bond donors (Lipinski definition) is 2. The number of para-hydroxylation sites is 1. The lowest BCUT2D eigenvalue weighted by Crippen LogP contribution is -2.19. The predicted molar refractivity (Wildman–Crippen MR) is 129 cm³/mol. The van der Waals surface area contributed by atoms with Crippen molar-refractivity contribution in [1.29, 1.82) is 0 Å². The second kappa shape index (κ2) is 9.30. The van der Waals surface area contributed by atoms with Gasteiger partial charge in [-0.2, -0.15) is 10.1 Å². The summed E-state index contributed by atoms with van der Waals surface area (Å²) in [6.07, 6.45) is 0. The molecule has 0 bridgehead atoms. The Morgan fingerprint density at radius 3 is 2.36 bits per heavy atom. The SMILES string of the molecule is Cc1nc(Oc2ccc(NC(=O)Nc3ccccc3Cl)cc2)cc(-n2nc(C)c(C)c2C)n1. The molecule has 168 valence electrons. The first-order chi connectivity index (χ1) is 15.8. The number of ether oxygens (including phenoxy) is 1. The zero-order valence-corrected chi connectivity index (χ0v) is 19.4. The summed E-state index contributed by atoms with van der Waals surface area (Å²) in [5.41, 5.74) is 4.22. The highest BCUT2D eigenvalue weighted by Crippen LogP contribution is 2.25. The number of carbonyl (C=O) groups is 1. The molecule has 0 radical (unpaired) electrons. The van der Waals surface area contributed by atoms with Crippen LogP contribution in [0.4, 0.5) is 16.2 Å². The standard InChI is InChI=1S/C24H23ClN6O2/c1-14-15(2)30-31(16(14)3)22-13-23(27-17(4)26-22)33-19-11-9-18(10-12-19)28-24(32)29-21-8-6-5-7-20(21)25/h5-13H,1-4H3,(H2,28,29,32). The van der Waals surface area contributed by atoms with E-state index in [1.807, 2.05) is 20.8 Å². The van der Waals surface area contributed by atoms with Crippen LogP contribution in [0.2, 0.25) is 5.02 Å². The van der Waals surface area contributed by atoms with Crippen LogP contribution in [0.15, 0.2) is 54.6 Å². The number of aromatic nitrogens is 4. The van der Waals surface area contributed by atoms with E-state index in [0.717, 1.165) is 17.0 Å². The summed E-state index contributed by atoms with van der Waals surface area (Å²) in [6.45, 7) is 7.80. The highest BCUT2D eigenvalue weighted by atomic mass is 35.5. The predicted octanol–water partition coefficient (Wildman–Crippen LogP) is 5.99. The number of benzene rings is 2. The van der Waals surface area contributed by atoms with Crippen molar-refractivity contribution in [2.24, 2.45) is 0 Å². The van der Waals surface area contributed by atoms with Gasteiger partial charge in [0.2, 0.25) is 5.88 Å². The number of aryl methyl sites for hydroxylation is 2. The van der Waals surface area contributed by atoms with Crippen molar-refractivity contribution < 1.29 is 9.53 Å². The number of anilines is 2. The summed E-state index contributed by atoms with van der Waals surface area (Å²) < 4.78 is 7.72. The summed E-state index contributed by atoms with van der Waals surface area (Å²) in [5, 5.41) is 10.5. The monoisotopic (exact) mass is 462 g/mol. The number of rotatable bonds is 5. The molecule has 0 aliphatic rings. The average molecular weight is 463 g/mol. The fourth-order valence-electron chi connectivity index (χ4n) is 3.20. The number of halogens is 1. The molecule has 33 heavy (non-hydrogen) atoms. The van der Waals surface area contributed by atoms with E-state index in [9.17, 15) is 4.79 Å². The first-order valence-electron chi connectivity index (χ1n) is 10.3. The van der Waals surface area contributed by atoms with Crippen molar-refractivity contribution >= 4 is 29.0 Å². The summed E-state index contributed by atoms with van der Waals surface area (Å²) >= 11 is 6.07. The maximum absolute atomic E-state index is 12.2. The van der Waals surface area contributed by atoms with Crippen LogP contribution in [0.25, 0.3) is 5.82 Å². The van der Waals surface area contributed by atoms with E-state index in [4.69, 9.17) is 16.3 Å². The fourth-order valence-corrected chi connectivity index (χ4v) is 3.39. The van der Waals surface area contributed by atoms with Gasteiger partial charge in [0.15, 0.2) is 5.82 Å². The third kappa shape index (κ3) is 5.12. The third-order valence-electron chi connectivity index (χ3n) is 5.13. The Morgan fingerprint density at radius 2 is 1.70 bits per heavy atom. The number of amides is 2. The normalized spacial score (nSPS) is 10.7. The van der Waals surface area contributed by atoms with Gasteiger partial charge in [-0.05, 0) is 69.7 Å². The molecule has 0 aliphatic carbocycles. The van der Waals surface area contributed by atoms with Gasteiger partial charge < -0.3 is 15.4 Å². The second-order valence-electron chi connectivity index (χ2n) is 7.50. The molecule has 0 aliphatic heterocycles. The summed E-state index contributed by atoms with van der Waals surface area (Å²) in [4.78, 5) is 21.1. The minimum Gasteiger partial charge on any atom is -0.439 e. The lowest BCUT2D eigenvalue weighted by Gasteiger charge is -2.11. The zero-order chi connectivity index (χ0) is 23.5. The molecule has 4 aromatic rings. The third-order valence-corrected chi connectivity index (χ3v) is 5.46. The van der Waals surface area contributed by atoms with Gasteiger partial charge in [0, 0.05) is 17.4 Å². The van der Waals surface area contributed by atoms with Crippen molar-refractivity contribution in [2.75, 3.05) is 10.6 Å². The smallest absolute Gasteiger partial charge is 0.323 e. The first-order valence-corrected chi connectivity index (χ1v) is 10.7. The summed E-state index contributed by atoms with van der Waals surface area (Å²) in [5.74, 6) is 2.18. The van der Waals surface area contributed by atoms with Crippen LogP contribution >= 0.6 is 11.6 Å². The average Bonchev–Trinajstić information content (AvgIpc) is 3.04. The van der Waals surface area contributed by atoms with Gasteiger partial charge >= 0.3 is 6.03 Å². The van der Waals surface area contributed by atoms with Crippen LogP contribution in [0.3, 0.4) is 0 Å². The van der Waals surface area contributed by atoms with Gasteiger partial charge in [-0.25, -0.2) is 14.5 Å². The molecule has 0 saturated carbocycles. The Morgan fingerprint density at radius 1 is 0.970 bits per heavy atom. The molecule has 0 fully saturated rings. The van der Waals surface area contributed by atoms with E-state index in [1.54, 1.807) is 66.2 Å². The Kier molecular flexibility index (Phi) is 6.28. The molecule has 4 rings (SSSR count). The Balaban J connectivity index is 1.46. The van der Waals surface area contributed by atoms with Gasteiger partial charge in [0.25, 0.3) is 0 Å². The molecule has 2 heterocycles. The molecule has 8 nitrogen and oxygen atoms in total. The zero-order valence-electron chi connectivity index (χ0n) is 18.7. The van der Waals surface area contributed by atoms with Gasteiger partial charge in [0.05, 0.1) is 16.4 Å². The topological polar surface area (TPSA) is 94.0 Å². The van der Waals surface area contributed by atoms with E-state index in [-0.39, 0.29) is 0 Å². The minimum atomic E-state index is -0.395. The molecule has 0 spiro atoms. The summed E-state index contributed by atoms with van der Waals surface area (Å²) in [6, 6.07) is 15.3. The van der Waals surface area contributed by atoms with Crippen LogP contribution in [0, 0.1) is 27.7 Å². The fraction of sp³-hybridized carbons (Fsp3) is 0.167. The van der Waals surface area contributed by atoms with Gasteiger partial charge in [-0.15, -0.1) is 0 Å². The van der Waals surface area contributed by atoms with Crippen molar-refractivity contribution in [3.63, 3.8) is 0 Å². The second-order valence-corrected chi connectivity index (χ2v) is 7.91. The van der Waals surface area contributed by atoms with Gasteiger partial charge in [0.1, 0.15) is 11.6 Å². The number of nitrogens with one attached hydrogen (secondary N) is 2. The van der Waals surface area contributed by atoms with Gasteiger partial charge in [-0.1, -0.05) is 23.7 Å². The van der Waals surface area contributed by atoms with Crippen LogP contribution in [0.1, 0.15) is 22.8 Å². The molecule has 2 aromatic heterocycles. The maximum Gasteiger partial charge on any atom is 0.323 e. The Labute approximate surface area is 196 Å². The van der Waals surface area contributed by atoms with Crippen LogP contribution in [-0.2, 0) is 0 Å². The molecule has 2 amide bonds. The van der Waals surface area contributed by atoms with E-state index in [0.29, 0.717) is 39.7 Å². The van der Waals surface area contributed by atoms with Crippen molar-refractivity contribution in [2.45, 2.75) is 27.7 Å².